The van der Waals surface area contributed by atoms with E-state index in [1.165, 1.54) is 6.92 Å². The van der Waals surface area contributed by atoms with E-state index in [1.54, 1.807) is 24.3 Å². The van der Waals surface area contributed by atoms with Gasteiger partial charge in [0.15, 0.2) is 0 Å². The van der Waals surface area contributed by atoms with Gasteiger partial charge in [-0.25, -0.2) is 4.79 Å². The number of carbonyl (C=O) groups is 4. The summed E-state index contributed by atoms with van der Waals surface area (Å²) in [6.07, 6.45) is 1.22. The van der Waals surface area contributed by atoms with Crippen LogP contribution in [0.15, 0.2) is 30.3 Å². The smallest absolute Gasteiger partial charge is 0.326 e. The number of hydrogen-bond donors (Lipinski definition) is 5. The number of carbonyl (C=O) groups excluding carboxylic acids is 3. The van der Waals surface area contributed by atoms with Gasteiger partial charge in [0.2, 0.25) is 17.7 Å². The topological polar surface area (TPSA) is 151 Å². The minimum absolute atomic E-state index is 0.113. The third kappa shape index (κ3) is 9.61. The predicted octanol–water partition coefficient (Wildman–Crippen LogP) is 1.21. The molecule has 9 heteroatoms. The molecule has 0 spiro atoms. The van der Waals surface area contributed by atoms with Gasteiger partial charge in [0, 0.05) is 6.42 Å². The molecule has 6 N–H and O–H groups in total. The second-order valence-electron chi connectivity index (χ2n) is 8.93. The van der Waals surface area contributed by atoms with Crippen molar-refractivity contribution in [1.29, 1.82) is 0 Å². The molecule has 0 aliphatic heterocycles. The molecule has 184 valence electrons. The summed E-state index contributed by atoms with van der Waals surface area (Å²) in [6, 6.07) is 5.20. The summed E-state index contributed by atoms with van der Waals surface area (Å²) >= 11 is 0. The van der Waals surface area contributed by atoms with Gasteiger partial charge in [-0.3, -0.25) is 14.4 Å². The molecule has 5 atom stereocenters. The van der Waals surface area contributed by atoms with Crippen LogP contribution in [-0.4, -0.2) is 53.0 Å². The van der Waals surface area contributed by atoms with E-state index in [1.807, 2.05) is 33.8 Å². The Balaban J connectivity index is 2.79. The van der Waals surface area contributed by atoms with E-state index in [9.17, 15) is 24.3 Å². The van der Waals surface area contributed by atoms with Gasteiger partial charge in [-0.15, -0.1) is 0 Å². The maximum atomic E-state index is 12.9. The Morgan fingerprint density at radius 1 is 0.909 bits per heavy atom. The molecular weight excluding hydrogens is 424 g/mol. The number of carboxylic acid groups (broad SMARTS) is 1. The van der Waals surface area contributed by atoms with Crippen LogP contribution < -0.4 is 21.7 Å². The van der Waals surface area contributed by atoms with Crippen LogP contribution in [-0.2, 0) is 25.6 Å². The Bertz CT molecular complexity index is 799. The Morgan fingerprint density at radius 2 is 1.52 bits per heavy atom. The highest BCUT2D eigenvalue weighted by Crippen LogP contribution is 2.10. The number of nitrogens with two attached hydrogens (primary N) is 1. The maximum Gasteiger partial charge on any atom is 0.326 e. The van der Waals surface area contributed by atoms with Crippen molar-refractivity contribution in [2.75, 3.05) is 0 Å². The monoisotopic (exact) mass is 462 g/mol. The lowest BCUT2D eigenvalue weighted by Crippen LogP contribution is -2.58. The number of aliphatic carboxylic acids is 1. The number of carboxylic acids is 1. The summed E-state index contributed by atoms with van der Waals surface area (Å²) in [6.45, 7) is 9.09. The van der Waals surface area contributed by atoms with Gasteiger partial charge < -0.3 is 26.8 Å². The fraction of sp³-hybridized carbons (Fsp3) is 0.583. The van der Waals surface area contributed by atoms with Crippen molar-refractivity contribution in [1.82, 2.24) is 16.0 Å². The predicted molar refractivity (Wildman–Crippen MR) is 126 cm³/mol. The van der Waals surface area contributed by atoms with Gasteiger partial charge in [-0.2, -0.15) is 0 Å². The number of benzene rings is 1. The van der Waals surface area contributed by atoms with Crippen LogP contribution in [0.4, 0.5) is 0 Å². The van der Waals surface area contributed by atoms with E-state index >= 15 is 0 Å². The number of hydrogen-bond acceptors (Lipinski definition) is 5. The molecule has 0 aromatic heterocycles. The molecule has 0 saturated carbocycles. The van der Waals surface area contributed by atoms with E-state index in [-0.39, 0.29) is 18.3 Å². The van der Waals surface area contributed by atoms with Crippen molar-refractivity contribution in [2.45, 2.75) is 78.0 Å². The zero-order valence-corrected chi connectivity index (χ0v) is 20.1. The van der Waals surface area contributed by atoms with Crippen LogP contribution in [0, 0.1) is 11.8 Å². The average molecular weight is 463 g/mol. The van der Waals surface area contributed by atoms with Gasteiger partial charge in [0.25, 0.3) is 0 Å². The molecule has 0 saturated heterocycles. The van der Waals surface area contributed by atoms with Crippen LogP contribution in [0.2, 0.25) is 0 Å². The first kappa shape index (κ1) is 28.1. The van der Waals surface area contributed by atoms with Crippen molar-refractivity contribution in [3.8, 4) is 0 Å². The Morgan fingerprint density at radius 3 is 2.03 bits per heavy atom. The van der Waals surface area contributed by atoms with Gasteiger partial charge in [-0.1, -0.05) is 64.4 Å². The van der Waals surface area contributed by atoms with Crippen molar-refractivity contribution in [3.63, 3.8) is 0 Å². The maximum absolute atomic E-state index is 12.9. The lowest BCUT2D eigenvalue weighted by molar-refractivity contribution is -0.142. The molecular formula is C24H38N4O5. The third-order valence-electron chi connectivity index (χ3n) is 5.50. The fourth-order valence-electron chi connectivity index (χ4n) is 3.29. The van der Waals surface area contributed by atoms with E-state index < -0.39 is 47.9 Å². The van der Waals surface area contributed by atoms with Crippen LogP contribution in [0.3, 0.4) is 0 Å². The van der Waals surface area contributed by atoms with E-state index in [0.29, 0.717) is 12.8 Å². The SMILES string of the molecule is CCC(C)C(NC(=O)C(N)CC(C)C)C(=O)NC(C)C(=O)NC(Cc1ccccc1)C(=O)O. The van der Waals surface area contributed by atoms with E-state index in [2.05, 4.69) is 16.0 Å². The summed E-state index contributed by atoms with van der Waals surface area (Å²) in [4.78, 5) is 49.6. The molecule has 1 rings (SSSR count). The molecule has 0 aliphatic rings. The van der Waals surface area contributed by atoms with Crippen molar-refractivity contribution in [3.05, 3.63) is 35.9 Å². The highest BCUT2D eigenvalue weighted by molar-refractivity contribution is 5.94. The normalized spacial score (nSPS) is 15.6. The summed E-state index contributed by atoms with van der Waals surface area (Å²) < 4.78 is 0. The Hall–Kier alpha value is -2.94. The van der Waals surface area contributed by atoms with E-state index in [4.69, 9.17) is 5.73 Å². The van der Waals surface area contributed by atoms with E-state index in [0.717, 1.165) is 5.56 Å². The third-order valence-corrected chi connectivity index (χ3v) is 5.50. The van der Waals surface area contributed by atoms with Crippen molar-refractivity contribution < 1.29 is 24.3 Å². The number of nitrogens with one attached hydrogen (secondary N) is 3. The molecule has 0 bridgehead atoms. The molecule has 0 radical (unpaired) electrons. The van der Waals surface area contributed by atoms with Gasteiger partial charge in [0.05, 0.1) is 6.04 Å². The second-order valence-corrected chi connectivity index (χ2v) is 8.93. The Labute approximate surface area is 195 Å². The molecule has 1 aromatic rings. The molecule has 33 heavy (non-hydrogen) atoms. The molecule has 5 unspecified atom stereocenters. The van der Waals surface area contributed by atoms with Crippen molar-refractivity contribution >= 4 is 23.7 Å². The second kappa shape index (κ2) is 13.6. The zero-order valence-electron chi connectivity index (χ0n) is 20.1. The first-order valence-electron chi connectivity index (χ1n) is 11.4. The largest absolute Gasteiger partial charge is 0.480 e. The molecule has 3 amide bonds. The first-order valence-corrected chi connectivity index (χ1v) is 11.4. The highest BCUT2D eigenvalue weighted by Gasteiger charge is 2.31. The van der Waals surface area contributed by atoms with Crippen LogP contribution in [0.25, 0.3) is 0 Å². The molecule has 0 aliphatic carbocycles. The number of amides is 3. The van der Waals surface area contributed by atoms with Gasteiger partial charge >= 0.3 is 5.97 Å². The highest BCUT2D eigenvalue weighted by atomic mass is 16.4. The lowest BCUT2D eigenvalue weighted by Gasteiger charge is -2.27. The van der Waals surface area contributed by atoms with Crippen LogP contribution >= 0.6 is 0 Å². The molecule has 1 aromatic carbocycles. The van der Waals surface area contributed by atoms with Gasteiger partial charge in [-0.05, 0) is 30.7 Å². The van der Waals surface area contributed by atoms with Crippen molar-refractivity contribution in [2.24, 2.45) is 17.6 Å². The van der Waals surface area contributed by atoms with Gasteiger partial charge in [0.1, 0.15) is 18.1 Å². The summed E-state index contributed by atoms with van der Waals surface area (Å²) in [7, 11) is 0. The summed E-state index contributed by atoms with van der Waals surface area (Å²) in [5.41, 5.74) is 6.70. The first-order chi connectivity index (χ1) is 15.5. The summed E-state index contributed by atoms with van der Waals surface area (Å²) in [5.74, 6) is -2.71. The molecule has 9 nitrogen and oxygen atoms in total. The average Bonchev–Trinajstić information content (AvgIpc) is 2.76. The van der Waals surface area contributed by atoms with Crippen LogP contribution in [0.1, 0.15) is 53.0 Å². The lowest BCUT2D eigenvalue weighted by atomic mass is 9.96. The summed E-state index contributed by atoms with van der Waals surface area (Å²) in [5, 5.41) is 17.3. The molecule has 0 fully saturated rings. The molecule has 0 heterocycles. The minimum atomic E-state index is -1.17. The number of rotatable bonds is 13. The Kier molecular flexibility index (Phi) is 11.6. The standard InChI is InChI=1S/C24H38N4O5/c1-6-15(4)20(28-22(30)18(25)12-14(2)3)23(31)26-16(5)21(29)27-19(24(32)33)13-17-10-8-7-9-11-17/h7-11,14-16,18-20H,6,12-13,25H2,1-5H3,(H,26,31)(H,27,29)(H,28,30)(H,32,33). The zero-order chi connectivity index (χ0) is 25.1. The quantitative estimate of drug-likeness (QED) is 0.297. The van der Waals surface area contributed by atoms with Crippen LogP contribution in [0.5, 0.6) is 0 Å². The minimum Gasteiger partial charge on any atom is -0.480 e. The fourth-order valence-corrected chi connectivity index (χ4v) is 3.29.